The number of hydrogen-bond acceptors (Lipinski definition) is 5. The quantitative estimate of drug-likeness (QED) is 0.210. The molecule has 7 nitrogen and oxygen atoms in total. The number of benzene rings is 4. The molecule has 0 unspecified atom stereocenters. The zero-order chi connectivity index (χ0) is 27.1. The summed E-state index contributed by atoms with van der Waals surface area (Å²) in [7, 11) is -4.05. The fourth-order valence-corrected chi connectivity index (χ4v) is 4.72. The van der Waals surface area contributed by atoms with E-state index >= 15 is 0 Å². The summed E-state index contributed by atoms with van der Waals surface area (Å²) in [6.07, 6.45) is 0. The molecule has 0 bridgehead atoms. The molecule has 0 fully saturated rings. The predicted octanol–water partition coefficient (Wildman–Crippen LogP) is 6.53. The minimum atomic E-state index is -4.05. The van der Waals surface area contributed by atoms with Gasteiger partial charge in [-0.1, -0.05) is 35.3 Å². The zero-order valence-corrected chi connectivity index (χ0v) is 22.0. The van der Waals surface area contributed by atoms with Crippen LogP contribution in [0, 0.1) is 5.82 Å². The average molecular weight is 575 g/mol. The molecule has 0 aromatic heterocycles. The van der Waals surface area contributed by atoms with Crippen molar-refractivity contribution in [2.75, 3.05) is 17.9 Å². The molecule has 0 spiro atoms. The summed E-state index contributed by atoms with van der Waals surface area (Å²) in [4.78, 5) is 12.8. The van der Waals surface area contributed by atoms with Crippen LogP contribution in [-0.2, 0) is 10.0 Å². The maximum absolute atomic E-state index is 13.0. The molecule has 0 radical (unpaired) electrons. The smallest absolute Gasteiger partial charge is 0.261 e. The van der Waals surface area contributed by atoms with Crippen molar-refractivity contribution in [3.63, 3.8) is 0 Å². The summed E-state index contributed by atoms with van der Waals surface area (Å²) in [5, 5.41) is 3.32. The molecule has 1 amide bonds. The number of ether oxygens (including phenoxy) is 2. The summed E-state index contributed by atoms with van der Waals surface area (Å²) in [6, 6.07) is 22.3. The normalized spacial score (nSPS) is 11.0. The highest BCUT2D eigenvalue weighted by atomic mass is 35.5. The number of rotatable bonds is 10. The van der Waals surface area contributed by atoms with Gasteiger partial charge in [-0.05, 0) is 78.9 Å². The third kappa shape index (κ3) is 7.16. The third-order valence-electron chi connectivity index (χ3n) is 5.14. The van der Waals surface area contributed by atoms with Crippen LogP contribution < -0.4 is 19.5 Å². The van der Waals surface area contributed by atoms with Crippen molar-refractivity contribution in [1.29, 1.82) is 0 Å². The van der Waals surface area contributed by atoms with Crippen LogP contribution in [0.1, 0.15) is 10.4 Å². The van der Waals surface area contributed by atoms with Crippen LogP contribution in [-0.4, -0.2) is 27.5 Å². The van der Waals surface area contributed by atoms with E-state index in [4.69, 9.17) is 32.7 Å². The first-order chi connectivity index (χ1) is 18.2. The van der Waals surface area contributed by atoms with Gasteiger partial charge in [-0.25, -0.2) is 12.8 Å². The molecule has 0 saturated heterocycles. The van der Waals surface area contributed by atoms with E-state index in [0.29, 0.717) is 22.3 Å². The fourth-order valence-electron chi connectivity index (χ4n) is 3.30. The molecule has 4 rings (SSSR count). The molecule has 38 heavy (non-hydrogen) atoms. The average Bonchev–Trinajstić information content (AvgIpc) is 2.90. The molecular weight excluding hydrogens is 554 g/mol. The highest BCUT2D eigenvalue weighted by molar-refractivity contribution is 7.92. The first-order valence-corrected chi connectivity index (χ1v) is 13.5. The van der Waals surface area contributed by atoms with Crippen molar-refractivity contribution in [3.05, 3.63) is 112 Å². The maximum Gasteiger partial charge on any atom is 0.261 e. The molecule has 0 aliphatic heterocycles. The lowest BCUT2D eigenvalue weighted by Gasteiger charge is -2.14. The number of anilines is 1. The van der Waals surface area contributed by atoms with E-state index in [0.717, 1.165) is 0 Å². The largest absolute Gasteiger partial charge is 0.492 e. The molecule has 0 aliphatic rings. The van der Waals surface area contributed by atoms with Crippen LogP contribution in [0.4, 0.5) is 10.1 Å². The predicted molar refractivity (Wildman–Crippen MR) is 144 cm³/mol. The molecule has 0 heterocycles. The van der Waals surface area contributed by atoms with Crippen molar-refractivity contribution < 1.29 is 27.1 Å². The number of carbonyl (C=O) groups excluding carboxylic acids is 1. The van der Waals surface area contributed by atoms with Crippen LogP contribution in [0.25, 0.3) is 0 Å². The van der Waals surface area contributed by atoms with Crippen LogP contribution in [0.3, 0.4) is 0 Å². The van der Waals surface area contributed by atoms with Gasteiger partial charge in [0.25, 0.3) is 15.9 Å². The number of para-hydroxylation sites is 1. The Morgan fingerprint density at radius 3 is 2.26 bits per heavy atom. The van der Waals surface area contributed by atoms with Crippen LogP contribution in [0.15, 0.2) is 95.9 Å². The summed E-state index contributed by atoms with van der Waals surface area (Å²) < 4.78 is 52.7. The second-order valence-corrected chi connectivity index (χ2v) is 10.4. The summed E-state index contributed by atoms with van der Waals surface area (Å²) in [5.41, 5.74) is 0.0734. The highest BCUT2D eigenvalue weighted by Crippen LogP contribution is 2.30. The van der Waals surface area contributed by atoms with Crippen molar-refractivity contribution >= 4 is 44.8 Å². The summed E-state index contributed by atoms with van der Waals surface area (Å²) in [5.74, 6) is 0.328. The Morgan fingerprint density at radius 1 is 0.868 bits per heavy atom. The van der Waals surface area contributed by atoms with Gasteiger partial charge >= 0.3 is 0 Å². The number of hydrogen-bond donors (Lipinski definition) is 2. The Hall–Kier alpha value is -3.79. The van der Waals surface area contributed by atoms with Crippen molar-refractivity contribution in [2.45, 2.75) is 4.90 Å². The zero-order valence-electron chi connectivity index (χ0n) is 19.7. The molecular formula is C27H21Cl2FN2O5S. The van der Waals surface area contributed by atoms with E-state index in [9.17, 15) is 17.6 Å². The Kier molecular flexibility index (Phi) is 8.73. The monoisotopic (exact) mass is 574 g/mol. The first kappa shape index (κ1) is 27.3. The Balaban J connectivity index is 1.41. The van der Waals surface area contributed by atoms with E-state index in [1.54, 1.807) is 24.3 Å². The molecule has 2 N–H and O–H groups in total. The number of sulfonamides is 1. The SMILES string of the molecule is O=C(NCCOc1ccc(F)cc1)c1cc(Cl)ccc1NS(=O)(=O)c1ccc(Oc2ccccc2Cl)cc1. The molecule has 0 aliphatic carbocycles. The third-order valence-corrected chi connectivity index (χ3v) is 7.07. The van der Waals surface area contributed by atoms with Gasteiger partial charge in [-0.15, -0.1) is 0 Å². The van der Waals surface area contributed by atoms with Gasteiger partial charge in [0.1, 0.15) is 29.7 Å². The number of halogens is 3. The minimum Gasteiger partial charge on any atom is -0.492 e. The van der Waals surface area contributed by atoms with Crippen LogP contribution >= 0.6 is 23.2 Å². The number of nitrogens with one attached hydrogen (secondary N) is 2. The molecule has 4 aromatic carbocycles. The summed E-state index contributed by atoms with van der Waals surface area (Å²) >= 11 is 12.2. The molecule has 196 valence electrons. The number of carbonyl (C=O) groups is 1. The van der Waals surface area contributed by atoms with Crippen LogP contribution in [0.5, 0.6) is 17.2 Å². The van der Waals surface area contributed by atoms with Gasteiger partial charge in [-0.3, -0.25) is 9.52 Å². The fraction of sp³-hybridized carbons (Fsp3) is 0.0741. The van der Waals surface area contributed by atoms with E-state index in [1.165, 1.54) is 66.7 Å². The van der Waals surface area contributed by atoms with Gasteiger partial charge < -0.3 is 14.8 Å². The highest BCUT2D eigenvalue weighted by Gasteiger charge is 2.19. The van der Waals surface area contributed by atoms with E-state index in [-0.39, 0.29) is 40.1 Å². The van der Waals surface area contributed by atoms with E-state index < -0.39 is 15.9 Å². The first-order valence-electron chi connectivity index (χ1n) is 11.2. The topological polar surface area (TPSA) is 93.7 Å². The second kappa shape index (κ2) is 12.2. The van der Waals surface area contributed by atoms with Gasteiger partial charge in [0.2, 0.25) is 0 Å². The summed E-state index contributed by atoms with van der Waals surface area (Å²) in [6.45, 7) is 0.226. The van der Waals surface area contributed by atoms with Crippen molar-refractivity contribution in [3.8, 4) is 17.2 Å². The van der Waals surface area contributed by atoms with Gasteiger partial charge in [0.15, 0.2) is 0 Å². The van der Waals surface area contributed by atoms with Gasteiger partial charge in [0.05, 0.1) is 27.7 Å². The van der Waals surface area contributed by atoms with Gasteiger partial charge in [0, 0.05) is 5.02 Å². The standard InChI is InChI=1S/C27H21Cl2FN2O5S/c28-18-5-14-25(23(17-18)27(33)31-15-16-36-20-8-6-19(30)7-9-20)32-38(34,35)22-12-10-21(11-13-22)37-26-4-2-1-3-24(26)29/h1-14,17,32H,15-16H2,(H,31,33). The Morgan fingerprint density at radius 2 is 1.55 bits per heavy atom. The number of amides is 1. The Labute approximate surface area is 229 Å². The van der Waals surface area contributed by atoms with Gasteiger partial charge in [-0.2, -0.15) is 0 Å². The maximum atomic E-state index is 13.0. The van der Waals surface area contributed by atoms with E-state index in [1.807, 2.05) is 0 Å². The molecule has 11 heteroatoms. The lowest BCUT2D eigenvalue weighted by molar-refractivity contribution is 0.0948. The lowest BCUT2D eigenvalue weighted by Crippen LogP contribution is -2.29. The van der Waals surface area contributed by atoms with E-state index in [2.05, 4.69) is 10.0 Å². The van der Waals surface area contributed by atoms with Crippen LogP contribution in [0.2, 0.25) is 10.0 Å². The molecule has 4 aromatic rings. The molecule has 0 saturated carbocycles. The lowest BCUT2D eigenvalue weighted by atomic mass is 10.1. The van der Waals surface area contributed by atoms with Crippen molar-refractivity contribution in [2.24, 2.45) is 0 Å². The van der Waals surface area contributed by atoms with Crippen molar-refractivity contribution in [1.82, 2.24) is 5.32 Å². The molecule has 0 atom stereocenters. The minimum absolute atomic E-state index is 0.0292. The second-order valence-electron chi connectivity index (χ2n) is 7.86. The Bertz CT molecular complexity index is 1530.